The maximum Gasteiger partial charge on any atom is 0.206 e. The van der Waals surface area contributed by atoms with Crippen molar-refractivity contribution in [3.8, 4) is 11.5 Å². The number of anilines is 1. The molecule has 1 aromatic heterocycles. The van der Waals surface area contributed by atoms with Gasteiger partial charge in [0.15, 0.2) is 0 Å². The molecule has 1 aliphatic rings. The number of halogens is 1. The highest BCUT2D eigenvalue weighted by Gasteiger charge is 2.32. The Labute approximate surface area is 173 Å². The van der Waals surface area contributed by atoms with Gasteiger partial charge in [0.1, 0.15) is 11.5 Å². The lowest BCUT2D eigenvalue weighted by Gasteiger charge is -2.21. The Morgan fingerprint density at radius 2 is 1.89 bits per heavy atom. The summed E-state index contributed by atoms with van der Waals surface area (Å²) in [6, 6.07) is 13.7. The maximum absolute atomic E-state index is 6.09. The van der Waals surface area contributed by atoms with Crippen molar-refractivity contribution in [2.75, 3.05) is 19.2 Å². The van der Waals surface area contributed by atoms with Crippen molar-refractivity contribution < 1.29 is 9.47 Å². The first-order valence-corrected chi connectivity index (χ1v) is 10.1. The summed E-state index contributed by atoms with van der Waals surface area (Å²) in [6.07, 6.45) is 0.726. The minimum Gasteiger partial charge on any atom is -0.497 e. The molecule has 1 aliphatic heterocycles. The fraction of sp³-hybridized carbons (Fsp3) is 0.238. The molecule has 0 unspecified atom stereocenters. The van der Waals surface area contributed by atoms with Crippen molar-refractivity contribution in [1.82, 2.24) is 4.98 Å². The van der Waals surface area contributed by atoms with Gasteiger partial charge in [-0.2, -0.15) is 5.10 Å². The molecule has 28 heavy (non-hydrogen) atoms. The molecular weight excluding hydrogens is 394 g/mol. The average Bonchev–Trinajstić information content (AvgIpc) is 3.34. The van der Waals surface area contributed by atoms with E-state index in [1.165, 1.54) is 0 Å². The molecule has 0 saturated heterocycles. The molecule has 0 fully saturated rings. The fourth-order valence-electron chi connectivity index (χ4n) is 3.28. The fourth-order valence-corrected chi connectivity index (χ4v) is 4.21. The second-order valence-electron chi connectivity index (χ2n) is 6.50. The van der Waals surface area contributed by atoms with Crippen molar-refractivity contribution in [1.29, 1.82) is 0 Å². The van der Waals surface area contributed by atoms with Crippen molar-refractivity contribution in [3.63, 3.8) is 0 Å². The van der Waals surface area contributed by atoms with E-state index in [2.05, 4.69) is 4.98 Å². The lowest BCUT2D eigenvalue weighted by molar-refractivity contribution is 0.402. The van der Waals surface area contributed by atoms with E-state index in [9.17, 15) is 0 Å². The number of hydrazone groups is 1. The molecule has 1 atom stereocenters. The first-order chi connectivity index (χ1) is 13.6. The maximum atomic E-state index is 6.09. The Morgan fingerprint density at radius 3 is 2.54 bits per heavy atom. The molecule has 144 valence electrons. The summed E-state index contributed by atoms with van der Waals surface area (Å²) >= 11 is 7.68. The third-order valence-corrected chi connectivity index (χ3v) is 5.89. The zero-order valence-electron chi connectivity index (χ0n) is 15.8. The molecule has 0 aliphatic carbocycles. The van der Waals surface area contributed by atoms with Crippen LogP contribution in [0.3, 0.4) is 0 Å². The quantitative estimate of drug-likeness (QED) is 0.555. The Kier molecular flexibility index (Phi) is 5.24. The summed E-state index contributed by atoms with van der Waals surface area (Å²) in [7, 11) is 3.32. The largest absolute Gasteiger partial charge is 0.497 e. The third-order valence-electron chi connectivity index (χ3n) is 4.69. The SMILES string of the molecule is COc1ccc(OC)c(C2=NN(c3nc(C)cs3)[C@@H](c3ccc(Cl)cc3)C2)c1. The van der Waals surface area contributed by atoms with Crippen LogP contribution in [0.1, 0.15) is 29.3 Å². The molecule has 0 N–H and O–H groups in total. The van der Waals surface area contributed by atoms with Gasteiger partial charge in [-0.1, -0.05) is 23.7 Å². The van der Waals surface area contributed by atoms with Crippen LogP contribution in [-0.4, -0.2) is 24.9 Å². The van der Waals surface area contributed by atoms with Crippen LogP contribution in [0, 0.1) is 6.92 Å². The molecule has 5 nitrogen and oxygen atoms in total. The lowest BCUT2D eigenvalue weighted by Crippen LogP contribution is -2.18. The van der Waals surface area contributed by atoms with Crippen LogP contribution in [-0.2, 0) is 0 Å². The molecule has 0 saturated carbocycles. The number of thiazole rings is 1. The number of aryl methyl sites for hydroxylation is 1. The monoisotopic (exact) mass is 413 g/mol. The number of hydrogen-bond acceptors (Lipinski definition) is 6. The summed E-state index contributed by atoms with van der Waals surface area (Å²) in [5.74, 6) is 1.54. The summed E-state index contributed by atoms with van der Waals surface area (Å²) < 4.78 is 11.0. The van der Waals surface area contributed by atoms with Crippen LogP contribution in [0.15, 0.2) is 52.9 Å². The molecule has 2 aromatic carbocycles. The van der Waals surface area contributed by atoms with E-state index in [4.69, 9.17) is 26.2 Å². The van der Waals surface area contributed by atoms with Gasteiger partial charge in [-0.25, -0.2) is 9.99 Å². The van der Waals surface area contributed by atoms with Crippen molar-refractivity contribution in [3.05, 3.63) is 69.7 Å². The highest BCUT2D eigenvalue weighted by atomic mass is 35.5. The number of methoxy groups -OCH3 is 2. The van der Waals surface area contributed by atoms with Gasteiger partial charge >= 0.3 is 0 Å². The van der Waals surface area contributed by atoms with Crippen LogP contribution in [0.2, 0.25) is 5.02 Å². The van der Waals surface area contributed by atoms with Gasteiger partial charge in [0, 0.05) is 22.4 Å². The summed E-state index contributed by atoms with van der Waals surface area (Å²) in [5.41, 5.74) is 3.98. The predicted molar refractivity (Wildman–Crippen MR) is 114 cm³/mol. The second-order valence-corrected chi connectivity index (χ2v) is 7.77. The smallest absolute Gasteiger partial charge is 0.206 e. The number of aromatic nitrogens is 1. The van der Waals surface area contributed by atoms with Crippen LogP contribution in [0.4, 0.5) is 5.13 Å². The third kappa shape index (κ3) is 3.57. The van der Waals surface area contributed by atoms with Crippen LogP contribution in [0.25, 0.3) is 0 Å². The molecular formula is C21H20ClN3O2S. The highest BCUT2D eigenvalue weighted by Crippen LogP contribution is 2.40. The molecule has 0 spiro atoms. The van der Waals surface area contributed by atoms with Crippen molar-refractivity contribution >= 4 is 33.8 Å². The predicted octanol–water partition coefficient (Wildman–Crippen LogP) is 5.48. The van der Waals surface area contributed by atoms with Gasteiger partial charge in [-0.05, 0) is 42.8 Å². The average molecular weight is 414 g/mol. The number of hydrogen-bond donors (Lipinski definition) is 0. The van der Waals surface area contributed by atoms with E-state index in [1.54, 1.807) is 25.6 Å². The van der Waals surface area contributed by atoms with E-state index in [0.29, 0.717) is 5.02 Å². The Morgan fingerprint density at radius 1 is 1.11 bits per heavy atom. The zero-order chi connectivity index (χ0) is 19.7. The number of benzene rings is 2. The van der Waals surface area contributed by atoms with Crippen molar-refractivity contribution in [2.45, 2.75) is 19.4 Å². The highest BCUT2D eigenvalue weighted by molar-refractivity contribution is 7.13. The summed E-state index contributed by atoms with van der Waals surface area (Å²) in [5, 5.41) is 10.6. The normalized spacial score (nSPS) is 16.2. The zero-order valence-corrected chi connectivity index (χ0v) is 17.4. The topological polar surface area (TPSA) is 47.0 Å². The minimum absolute atomic E-state index is 0.0359. The van der Waals surface area contributed by atoms with E-state index >= 15 is 0 Å². The Balaban J connectivity index is 1.78. The number of rotatable bonds is 5. The van der Waals surface area contributed by atoms with Gasteiger partial charge in [-0.15, -0.1) is 11.3 Å². The molecule has 0 amide bonds. The molecule has 7 heteroatoms. The first-order valence-electron chi connectivity index (χ1n) is 8.85. The Hall–Kier alpha value is -2.57. The number of nitrogens with zero attached hydrogens (tertiary/aromatic N) is 3. The standard InChI is InChI=1S/C21H20ClN3O2S/c1-13-12-28-21(23-13)25-19(14-4-6-15(22)7-5-14)11-18(24-25)17-10-16(26-2)8-9-20(17)27-3/h4-10,12,19H,11H2,1-3H3/t19-/m1/s1. The van der Waals surface area contributed by atoms with E-state index in [-0.39, 0.29) is 6.04 Å². The number of ether oxygens (including phenoxy) is 2. The van der Waals surface area contributed by atoms with Crippen LogP contribution >= 0.6 is 22.9 Å². The van der Waals surface area contributed by atoms with Gasteiger partial charge < -0.3 is 9.47 Å². The molecule has 3 aromatic rings. The first kappa shape index (κ1) is 18.8. The van der Waals surface area contributed by atoms with Gasteiger partial charge in [0.2, 0.25) is 5.13 Å². The van der Waals surface area contributed by atoms with Gasteiger partial charge in [0.25, 0.3) is 0 Å². The molecule has 2 heterocycles. The Bertz CT molecular complexity index is 1020. The minimum atomic E-state index is 0.0359. The molecule has 0 bridgehead atoms. The van der Waals surface area contributed by atoms with Gasteiger partial charge in [0.05, 0.1) is 31.7 Å². The van der Waals surface area contributed by atoms with Crippen LogP contribution in [0.5, 0.6) is 11.5 Å². The van der Waals surface area contributed by atoms with Crippen LogP contribution < -0.4 is 14.5 Å². The van der Waals surface area contributed by atoms with Crippen molar-refractivity contribution in [2.24, 2.45) is 5.10 Å². The summed E-state index contributed by atoms with van der Waals surface area (Å²) in [6.45, 7) is 1.99. The summed E-state index contributed by atoms with van der Waals surface area (Å²) in [4.78, 5) is 4.65. The second kappa shape index (κ2) is 7.81. The van der Waals surface area contributed by atoms with E-state index in [0.717, 1.165) is 45.6 Å². The molecule has 0 radical (unpaired) electrons. The lowest BCUT2D eigenvalue weighted by atomic mass is 9.98. The van der Waals surface area contributed by atoms with Gasteiger partial charge in [-0.3, -0.25) is 0 Å². The molecule has 4 rings (SSSR count). The van der Waals surface area contributed by atoms with E-state index in [1.807, 2.05) is 59.8 Å². The van der Waals surface area contributed by atoms with E-state index < -0.39 is 0 Å².